The Labute approximate surface area is 300 Å². The van der Waals surface area contributed by atoms with Gasteiger partial charge in [0, 0.05) is 29.7 Å². The highest BCUT2D eigenvalue weighted by atomic mass is 32.2. The minimum absolute atomic E-state index is 0.00968. The van der Waals surface area contributed by atoms with E-state index in [9.17, 15) is 32.6 Å². The second kappa shape index (κ2) is 13.6. The van der Waals surface area contributed by atoms with Crippen LogP contribution in [-0.4, -0.2) is 85.2 Å². The van der Waals surface area contributed by atoms with Crippen molar-refractivity contribution in [2.75, 3.05) is 6.54 Å². The summed E-state index contributed by atoms with van der Waals surface area (Å²) in [5.41, 5.74) is -1.84. The molecule has 12 nitrogen and oxygen atoms in total. The molecular weight excluding hydrogens is 679 g/mol. The first kappa shape index (κ1) is 38.3. The number of alkyl carbamates (subject to hydrolysis) is 1. The fraction of sp³-hybridized carbons (Fsp3) is 0.622. The molecule has 1 aromatic carbocycles. The number of hydrogen-bond acceptors (Lipinski definition) is 8. The summed E-state index contributed by atoms with van der Waals surface area (Å²) in [5.74, 6) is 0.673. The summed E-state index contributed by atoms with van der Waals surface area (Å²) in [6.07, 6.45) is 0.522. The second-order valence-electron chi connectivity index (χ2n) is 16.6. The summed E-state index contributed by atoms with van der Waals surface area (Å²) >= 11 is 0. The molecule has 7 atom stereocenters. The van der Waals surface area contributed by atoms with Crippen molar-refractivity contribution in [1.82, 2.24) is 19.8 Å². The van der Waals surface area contributed by atoms with Crippen molar-refractivity contribution in [2.45, 2.75) is 116 Å². The fourth-order valence-corrected chi connectivity index (χ4v) is 8.73. The van der Waals surface area contributed by atoms with Crippen LogP contribution < -0.4 is 10.0 Å². The van der Waals surface area contributed by atoms with Gasteiger partial charge in [0.2, 0.25) is 11.8 Å². The number of ketones is 1. The van der Waals surface area contributed by atoms with Crippen LogP contribution in [-0.2, 0) is 46.7 Å². The second-order valence-corrected chi connectivity index (χ2v) is 18.9. The van der Waals surface area contributed by atoms with Crippen LogP contribution in [0.1, 0.15) is 85.3 Å². The predicted molar refractivity (Wildman–Crippen MR) is 190 cm³/mol. The molecule has 2 aliphatic carbocycles. The zero-order valence-corrected chi connectivity index (χ0v) is 31.4. The highest BCUT2D eigenvalue weighted by Crippen LogP contribution is 2.57. The quantitative estimate of drug-likeness (QED) is 0.264. The van der Waals surface area contributed by atoms with Gasteiger partial charge < -0.3 is 19.7 Å². The topological polar surface area (TPSA) is 151 Å². The van der Waals surface area contributed by atoms with Gasteiger partial charge in [-0.3, -0.25) is 24.0 Å². The van der Waals surface area contributed by atoms with E-state index in [1.165, 1.54) is 15.9 Å². The molecule has 280 valence electrons. The van der Waals surface area contributed by atoms with Crippen LogP contribution in [0, 0.1) is 28.5 Å². The van der Waals surface area contributed by atoms with E-state index in [1.54, 1.807) is 66.7 Å². The number of carbonyl (C=O) groups excluding carboxylic acids is 5. The van der Waals surface area contributed by atoms with Gasteiger partial charge in [0.1, 0.15) is 23.6 Å². The number of nitrogens with zero attached hydrogens (tertiary/aromatic N) is 2. The van der Waals surface area contributed by atoms with Gasteiger partial charge in [0.05, 0.1) is 34.3 Å². The van der Waals surface area contributed by atoms with Gasteiger partial charge in [-0.05, 0) is 68.9 Å². The van der Waals surface area contributed by atoms with Crippen LogP contribution in [0.4, 0.5) is 14.0 Å². The van der Waals surface area contributed by atoms with Gasteiger partial charge >= 0.3 is 12.2 Å². The molecule has 1 saturated heterocycles. The van der Waals surface area contributed by atoms with Crippen LogP contribution in [0.2, 0.25) is 0 Å². The molecule has 14 heteroatoms. The van der Waals surface area contributed by atoms with Crippen molar-refractivity contribution >= 4 is 45.4 Å². The van der Waals surface area contributed by atoms with Gasteiger partial charge in [-0.25, -0.2) is 18.2 Å². The van der Waals surface area contributed by atoms with Crippen molar-refractivity contribution < 1.29 is 42.0 Å². The lowest BCUT2D eigenvalue weighted by Crippen LogP contribution is -2.58. The van der Waals surface area contributed by atoms with E-state index >= 15 is 0 Å². The molecule has 4 aliphatic rings. The summed E-state index contributed by atoms with van der Waals surface area (Å²) < 4.78 is 41.6. The molecule has 2 N–H and O–H groups in total. The highest BCUT2D eigenvalue weighted by molar-refractivity contribution is 7.99. The van der Waals surface area contributed by atoms with E-state index in [2.05, 4.69) is 22.5 Å². The third-order valence-electron chi connectivity index (χ3n) is 10.3. The van der Waals surface area contributed by atoms with Crippen molar-refractivity contribution in [3.8, 4) is 0 Å². The molecule has 0 radical (unpaired) electrons. The summed E-state index contributed by atoms with van der Waals surface area (Å²) in [5, 5.41) is 2.48. The molecule has 0 bridgehead atoms. The molecule has 4 amide bonds. The van der Waals surface area contributed by atoms with Crippen molar-refractivity contribution in [3.63, 3.8) is 0 Å². The average Bonchev–Trinajstić information content (AvgIpc) is 3.91. The zero-order chi connectivity index (χ0) is 37.8. The standard InChI is InChI=1S/C37H51FN4O8S/c1-10-23-16-37(23,32(45)40-51(9,48)24-14-15-24)17-27(43)29-21(2)28(49-34(47)41-18-22-12-11-13-26(38)25(22)19-41)20-42(29)31(44)30(35(3,4)5)39-33(46)50-36(6,7)8/h10-13,21,23-24,28-30H,1,9,14-20H2,2-8H3,(H,39,46)(H,40,45,48)/t21-,23-,28+,29+,30-,37-,51?/m1/s1. The van der Waals surface area contributed by atoms with E-state index in [1.807, 2.05) is 0 Å². The van der Waals surface area contributed by atoms with Crippen LogP contribution in [0.25, 0.3) is 0 Å². The Morgan fingerprint density at radius 3 is 2.33 bits per heavy atom. The largest absolute Gasteiger partial charge is 0.444 e. The molecule has 3 fully saturated rings. The van der Waals surface area contributed by atoms with Crippen LogP contribution in [0.5, 0.6) is 0 Å². The molecule has 1 unspecified atom stereocenters. The van der Waals surface area contributed by atoms with Crippen LogP contribution >= 0.6 is 0 Å². The minimum atomic E-state index is -2.90. The third-order valence-corrected chi connectivity index (χ3v) is 12.4. The minimum Gasteiger partial charge on any atom is -0.444 e. The molecule has 0 aromatic heterocycles. The molecule has 5 rings (SSSR count). The lowest BCUT2D eigenvalue weighted by molar-refractivity contribution is -0.143. The van der Waals surface area contributed by atoms with Crippen molar-refractivity contribution in [2.24, 2.45) is 22.7 Å². The summed E-state index contributed by atoms with van der Waals surface area (Å²) in [7, 11) is -2.90. The molecular formula is C37H51FN4O8S. The maximum absolute atomic E-state index is 14.5. The number of rotatable bonds is 10. The SMILES string of the molecule is C=C[C@@H]1C[C@]1(CC(=O)[C@@H]1[C@H](C)[C@@H](OC(=O)N2Cc3cccc(F)c3C2)CN1C(=O)[C@@H](NC(=O)OC(C)(C)C)C(C)(C)C)C(=O)NS(=C)(=O)C1CC1. The van der Waals surface area contributed by atoms with Crippen LogP contribution in [0.15, 0.2) is 30.9 Å². The summed E-state index contributed by atoms with van der Waals surface area (Å²) in [4.78, 5) is 71.7. The summed E-state index contributed by atoms with van der Waals surface area (Å²) in [6, 6.07) is 2.35. The normalized spacial score (nSPS) is 27.5. The van der Waals surface area contributed by atoms with Crippen molar-refractivity contribution in [1.29, 1.82) is 0 Å². The van der Waals surface area contributed by atoms with Gasteiger partial charge in [0.25, 0.3) is 0 Å². The smallest absolute Gasteiger partial charge is 0.410 e. The maximum atomic E-state index is 14.5. The first-order valence-electron chi connectivity index (χ1n) is 17.4. The highest BCUT2D eigenvalue weighted by Gasteiger charge is 2.62. The fourth-order valence-electron chi connectivity index (χ4n) is 7.15. The number of hydrogen-bond donors (Lipinski definition) is 2. The van der Waals surface area contributed by atoms with Gasteiger partial charge in [0.15, 0.2) is 5.78 Å². The number of amides is 4. The maximum Gasteiger partial charge on any atom is 0.410 e. The van der Waals surface area contributed by atoms with Gasteiger partial charge in [-0.1, -0.05) is 45.9 Å². The molecule has 2 heterocycles. The van der Waals surface area contributed by atoms with Crippen molar-refractivity contribution in [3.05, 3.63) is 47.8 Å². The Hall–Kier alpha value is -3.94. The number of carbonyl (C=O) groups is 5. The Bertz CT molecular complexity index is 1730. The number of benzene rings is 1. The number of fused-ring (bicyclic) bond motifs is 1. The number of nitrogens with one attached hydrogen (secondary N) is 2. The number of allylic oxidation sites excluding steroid dienone is 1. The molecule has 0 spiro atoms. The number of ether oxygens (including phenoxy) is 2. The molecule has 1 aromatic rings. The first-order valence-corrected chi connectivity index (χ1v) is 19.2. The third kappa shape index (κ3) is 8.10. The Morgan fingerprint density at radius 1 is 1.12 bits per heavy atom. The first-order chi connectivity index (χ1) is 23.6. The molecule has 2 aliphatic heterocycles. The Morgan fingerprint density at radius 2 is 1.78 bits per heavy atom. The van der Waals surface area contributed by atoms with E-state index < -0.39 is 85.8 Å². The zero-order valence-electron chi connectivity index (χ0n) is 30.6. The lowest BCUT2D eigenvalue weighted by Gasteiger charge is -2.36. The van der Waals surface area contributed by atoms with E-state index in [4.69, 9.17) is 9.47 Å². The molecule has 51 heavy (non-hydrogen) atoms. The lowest BCUT2D eigenvalue weighted by atomic mass is 9.84. The van der Waals surface area contributed by atoms with E-state index in [0.29, 0.717) is 30.4 Å². The number of likely N-dealkylation sites (tertiary alicyclic amines) is 1. The molecule has 2 saturated carbocycles. The number of halogens is 1. The van der Waals surface area contributed by atoms with Gasteiger partial charge in [-0.2, -0.15) is 0 Å². The predicted octanol–water partition coefficient (Wildman–Crippen LogP) is 4.49. The van der Waals surface area contributed by atoms with Gasteiger partial charge in [-0.15, -0.1) is 6.58 Å². The summed E-state index contributed by atoms with van der Waals surface area (Å²) in [6.45, 7) is 15.9. The monoisotopic (exact) mass is 730 g/mol. The van der Waals surface area contributed by atoms with E-state index in [0.717, 1.165) is 0 Å². The van der Waals surface area contributed by atoms with Crippen LogP contribution in [0.3, 0.4) is 0 Å². The number of Topliss-reactive ketones (excluding diaryl/α,β-unsaturated/α-hetero) is 1. The van der Waals surface area contributed by atoms with E-state index in [-0.39, 0.29) is 37.2 Å². The Kier molecular flexibility index (Phi) is 10.2. The Balaban J connectivity index is 1.42. The average molecular weight is 731 g/mol.